The van der Waals surface area contributed by atoms with Gasteiger partial charge in [0.2, 0.25) is 0 Å². The van der Waals surface area contributed by atoms with E-state index in [0.29, 0.717) is 6.61 Å². The van der Waals surface area contributed by atoms with Crippen molar-refractivity contribution in [1.29, 1.82) is 0 Å². The number of hydrogen-bond acceptors (Lipinski definition) is 4. The van der Waals surface area contributed by atoms with Crippen molar-refractivity contribution >= 4 is 5.82 Å². The van der Waals surface area contributed by atoms with Crippen molar-refractivity contribution in [2.45, 2.75) is 25.9 Å². The van der Waals surface area contributed by atoms with E-state index in [-0.39, 0.29) is 0 Å². The molecule has 0 unspecified atom stereocenters. The van der Waals surface area contributed by atoms with Gasteiger partial charge in [-0.25, -0.2) is 4.68 Å². The molecule has 162 valence electrons. The minimum atomic E-state index is 0.552. The first-order chi connectivity index (χ1) is 15.8. The third kappa shape index (κ3) is 4.06. The number of nitrogens with one attached hydrogen (secondary N) is 1. The van der Waals surface area contributed by atoms with Gasteiger partial charge in [-0.05, 0) is 61.2 Å². The second-order valence-electron chi connectivity index (χ2n) is 7.94. The van der Waals surface area contributed by atoms with Crippen molar-refractivity contribution in [3.63, 3.8) is 0 Å². The maximum Gasteiger partial charge on any atom is 0.133 e. The maximum absolute atomic E-state index is 5.96. The normalized spacial score (nSPS) is 13.0. The van der Waals surface area contributed by atoms with Crippen LogP contribution in [0.2, 0.25) is 0 Å². The van der Waals surface area contributed by atoms with Gasteiger partial charge >= 0.3 is 0 Å². The molecule has 0 saturated heterocycles. The van der Waals surface area contributed by atoms with E-state index in [0.717, 1.165) is 65.6 Å². The predicted octanol–water partition coefficient (Wildman–Crippen LogP) is 5.88. The molecular weight excluding hydrogens is 398 g/mol. The number of benzene rings is 3. The Balaban J connectivity index is 1.47. The highest BCUT2D eigenvalue weighted by Crippen LogP contribution is 2.38. The van der Waals surface area contributed by atoms with Crippen LogP contribution < -0.4 is 14.8 Å². The van der Waals surface area contributed by atoms with Gasteiger partial charge in [-0.3, -0.25) is 0 Å². The van der Waals surface area contributed by atoms with Gasteiger partial charge in [-0.15, -0.1) is 0 Å². The minimum absolute atomic E-state index is 0.552. The van der Waals surface area contributed by atoms with Gasteiger partial charge in [0.25, 0.3) is 0 Å². The van der Waals surface area contributed by atoms with Gasteiger partial charge in [0.15, 0.2) is 0 Å². The quantitative estimate of drug-likeness (QED) is 0.419. The summed E-state index contributed by atoms with van der Waals surface area (Å²) in [5.41, 5.74) is 5.41. The smallest absolute Gasteiger partial charge is 0.133 e. The SMILES string of the molecule is COc1ccccc1-c1nn(-c2ccc(OCc3ccccc3)cc2)c2c1CCCCN2. The average molecular weight is 426 g/mol. The van der Waals surface area contributed by atoms with Crippen LogP contribution in [-0.2, 0) is 13.0 Å². The highest BCUT2D eigenvalue weighted by atomic mass is 16.5. The molecule has 2 heterocycles. The molecule has 1 N–H and O–H groups in total. The largest absolute Gasteiger partial charge is 0.496 e. The molecule has 0 bridgehead atoms. The molecule has 3 aromatic carbocycles. The van der Waals surface area contributed by atoms with Gasteiger partial charge in [0.05, 0.1) is 12.8 Å². The van der Waals surface area contributed by atoms with Crippen molar-refractivity contribution in [2.75, 3.05) is 19.0 Å². The topological polar surface area (TPSA) is 48.3 Å². The first kappa shape index (κ1) is 20.2. The molecule has 0 atom stereocenters. The summed E-state index contributed by atoms with van der Waals surface area (Å²) in [5, 5.41) is 8.65. The molecule has 1 aromatic heterocycles. The van der Waals surface area contributed by atoms with Crippen molar-refractivity contribution in [2.24, 2.45) is 0 Å². The molecule has 0 radical (unpaired) electrons. The third-order valence-electron chi connectivity index (χ3n) is 5.82. The molecular formula is C27H27N3O2. The van der Waals surface area contributed by atoms with Crippen LogP contribution in [0.15, 0.2) is 78.9 Å². The van der Waals surface area contributed by atoms with Crippen LogP contribution >= 0.6 is 0 Å². The Bertz CT molecular complexity index is 1180. The summed E-state index contributed by atoms with van der Waals surface area (Å²) in [5.74, 6) is 2.75. The van der Waals surface area contributed by atoms with Gasteiger partial charge in [0.1, 0.15) is 29.6 Å². The molecule has 1 aliphatic heterocycles. The van der Waals surface area contributed by atoms with Crippen LogP contribution in [-0.4, -0.2) is 23.4 Å². The number of fused-ring (bicyclic) bond motifs is 1. The van der Waals surface area contributed by atoms with Crippen LogP contribution in [0.3, 0.4) is 0 Å². The second kappa shape index (κ2) is 9.18. The summed E-state index contributed by atoms with van der Waals surface area (Å²) in [6, 6.07) is 26.4. The summed E-state index contributed by atoms with van der Waals surface area (Å²) in [4.78, 5) is 0. The predicted molar refractivity (Wildman–Crippen MR) is 128 cm³/mol. The molecule has 0 saturated carbocycles. The average Bonchev–Trinajstić information content (AvgIpc) is 3.04. The molecule has 4 aromatic rings. The number of aromatic nitrogens is 2. The fourth-order valence-electron chi connectivity index (χ4n) is 4.17. The molecule has 0 spiro atoms. The van der Waals surface area contributed by atoms with Gasteiger partial charge in [-0.2, -0.15) is 5.10 Å². The Morgan fingerprint density at radius 2 is 1.69 bits per heavy atom. The Morgan fingerprint density at radius 1 is 0.906 bits per heavy atom. The Hall–Kier alpha value is -3.73. The van der Waals surface area contributed by atoms with E-state index in [1.807, 2.05) is 53.2 Å². The van der Waals surface area contributed by atoms with Crippen LogP contribution in [0, 0.1) is 0 Å². The fraction of sp³-hybridized carbons (Fsp3) is 0.222. The molecule has 5 heteroatoms. The first-order valence-electron chi connectivity index (χ1n) is 11.1. The monoisotopic (exact) mass is 425 g/mol. The van der Waals surface area contributed by atoms with Crippen LogP contribution in [0.5, 0.6) is 11.5 Å². The van der Waals surface area contributed by atoms with Gasteiger partial charge in [-0.1, -0.05) is 42.5 Å². The molecule has 5 rings (SSSR count). The minimum Gasteiger partial charge on any atom is -0.496 e. The van der Waals surface area contributed by atoms with E-state index >= 15 is 0 Å². The Morgan fingerprint density at radius 3 is 2.50 bits per heavy atom. The number of para-hydroxylation sites is 1. The number of rotatable bonds is 6. The number of anilines is 1. The van der Waals surface area contributed by atoms with E-state index in [1.54, 1.807) is 7.11 Å². The highest BCUT2D eigenvalue weighted by Gasteiger charge is 2.23. The molecule has 0 amide bonds. The lowest BCUT2D eigenvalue weighted by Gasteiger charge is -2.11. The van der Waals surface area contributed by atoms with E-state index in [9.17, 15) is 0 Å². The van der Waals surface area contributed by atoms with Crippen LogP contribution in [0.1, 0.15) is 24.0 Å². The number of methoxy groups -OCH3 is 1. The maximum atomic E-state index is 5.96. The van der Waals surface area contributed by atoms with E-state index in [2.05, 4.69) is 35.6 Å². The lowest BCUT2D eigenvalue weighted by atomic mass is 10.0. The summed E-state index contributed by atoms with van der Waals surface area (Å²) in [6.45, 7) is 1.50. The lowest BCUT2D eigenvalue weighted by molar-refractivity contribution is 0.306. The first-order valence-corrected chi connectivity index (χ1v) is 11.1. The zero-order chi connectivity index (χ0) is 21.8. The summed E-state index contributed by atoms with van der Waals surface area (Å²) >= 11 is 0. The zero-order valence-electron chi connectivity index (χ0n) is 18.3. The van der Waals surface area contributed by atoms with Gasteiger partial charge < -0.3 is 14.8 Å². The summed E-state index contributed by atoms with van der Waals surface area (Å²) in [6.07, 6.45) is 3.28. The van der Waals surface area contributed by atoms with Crippen molar-refractivity contribution < 1.29 is 9.47 Å². The van der Waals surface area contributed by atoms with E-state index in [4.69, 9.17) is 14.6 Å². The molecule has 32 heavy (non-hydrogen) atoms. The number of hydrogen-bond donors (Lipinski definition) is 1. The fourth-order valence-corrected chi connectivity index (χ4v) is 4.17. The number of nitrogens with zero attached hydrogens (tertiary/aromatic N) is 2. The van der Waals surface area contributed by atoms with Crippen molar-refractivity contribution in [3.8, 4) is 28.4 Å². The van der Waals surface area contributed by atoms with Gasteiger partial charge in [0, 0.05) is 17.7 Å². The summed E-state index contributed by atoms with van der Waals surface area (Å²) < 4.78 is 13.6. The second-order valence-corrected chi connectivity index (χ2v) is 7.94. The third-order valence-corrected chi connectivity index (χ3v) is 5.82. The highest BCUT2D eigenvalue weighted by molar-refractivity contribution is 5.75. The molecule has 5 nitrogen and oxygen atoms in total. The molecule has 0 aliphatic carbocycles. The van der Waals surface area contributed by atoms with Crippen LogP contribution in [0.4, 0.5) is 5.82 Å². The zero-order valence-corrected chi connectivity index (χ0v) is 18.3. The van der Waals surface area contributed by atoms with E-state index < -0.39 is 0 Å². The molecule has 1 aliphatic rings. The lowest BCUT2D eigenvalue weighted by Crippen LogP contribution is -2.07. The number of ether oxygens (including phenoxy) is 2. The van der Waals surface area contributed by atoms with Crippen molar-refractivity contribution in [3.05, 3.63) is 90.0 Å². The standard InChI is InChI=1S/C27H27N3O2/c1-31-25-13-6-5-11-23(25)26-24-12-7-8-18-28-27(24)30(29-26)21-14-16-22(17-15-21)32-19-20-9-3-2-4-10-20/h2-6,9-11,13-17,28H,7-8,12,18-19H2,1H3. The van der Waals surface area contributed by atoms with Crippen molar-refractivity contribution in [1.82, 2.24) is 9.78 Å². The summed E-state index contributed by atoms with van der Waals surface area (Å²) in [7, 11) is 1.71. The Kier molecular flexibility index (Phi) is 5.79. The molecule has 0 fully saturated rings. The van der Waals surface area contributed by atoms with Crippen LogP contribution in [0.25, 0.3) is 16.9 Å². The Labute approximate surface area is 188 Å². The van der Waals surface area contributed by atoms with E-state index in [1.165, 1.54) is 5.56 Å².